The Bertz CT molecular complexity index is 448. The first kappa shape index (κ1) is 14.2. The number of ether oxygens (including phenoxy) is 1. The lowest BCUT2D eigenvalue weighted by Crippen LogP contribution is -2.10. The molecular formula is C15H19NO2. The zero-order valence-corrected chi connectivity index (χ0v) is 11.1. The smallest absolute Gasteiger partial charge is 0.337 e. The Hall–Kier alpha value is -1.82. The van der Waals surface area contributed by atoms with E-state index in [9.17, 15) is 4.79 Å². The fourth-order valence-corrected chi connectivity index (χ4v) is 2.04. The van der Waals surface area contributed by atoms with E-state index >= 15 is 0 Å². The first-order chi connectivity index (χ1) is 8.63. The highest BCUT2D eigenvalue weighted by molar-refractivity contribution is 5.89. The van der Waals surface area contributed by atoms with Crippen molar-refractivity contribution in [1.29, 1.82) is 5.26 Å². The maximum absolute atomic E-state index is 11.5. The Kier molecular flexibility index (Phi) is 5.38. The van der Waals surface area contributed by atoms with E-state index in [0.717, 1.165) is 12.0 Å². The molecule has 0 aromatic heterocycles. The third kappa shape index (κ3) is 3.33. The maximum Gasteiger partial charge on any atom is 0.337 e. The average Bonchev–Trinajstić information content (AvgIpc) is 2.43. The van der Waals surface area contributed by atoms with Crippen molar-refractivity contribution in [1.82, 2.24) is 0 Å². The van der Waals surface area contributed by atoms with E-state index in [0.29, 0.717) is 17.9 Å². The summed E-state index contributed by atoms with van der Waals surface area (Å²) in [6.45, 7) is 4.24. The SMILES string of the molecule is CCC(C)C(CC#N)c1cccc(C(=O)OC)c1. The standard InChI is InChI=1S/C15H19NO2/c1-4-11(2)14(8-9-16)12-6-5-7-13(10-12)15(17)18-3/h5-7,10-11,14H,4,8H2,1-3H3. The lowest BCUT2D eigenvalue weighted by molar-refractivity contribution is 0.0600. The Morgan fingerprint density at radius 3 is 2.78 bits per heavy atom. The van der Waals surface area contributed by atoms with Gasteiger partial charge in [0.15, 0.2) is 0 Å². The largest absolute Gasteiger partial charge is 0.465 e. The van der Waals surface area contributed by atoms with Gasteiger partial charge in [-0.05, 0) is 29.5 Å². The number of hydrogen-bond donors (Lipinski definition) is 0. The molecule has 0 fully saturated rings. The van der Waals surface area contributed by atoms with Gasteiger partial charge in [0, 0.05) is 6.42 Å². The molecule has 0 saturated carbocycles. The van der Waals surface area contributed by atoms with Crippen molar-refractivity contribution < 1.29 is 9.53 Å². The van der Waals surface area contributed by atoms with Gasteiger partial charge in [0.05, 0.1) is 18.7 Å². The molecule has 0 radical (unpaired) electrons. The number of methoxy groups -OCH3 is 1. The van der Waals surface area contributed by atoms with Crippen molar-refractivity contribution in [2.45, 2.75) is 32.6 Å². The third-order valence-electron chi connectivity index (χ3n) is 3.38. The van der Waals surface area contributed by atoms with Crippen LogP contribution in [0.2, 0.25) is 0 Å². The monoisotopic (exact) mass is 245 g/mol. The van der Waals surface area contributed by atoms with Crippen LogP contribution in [-0.2, 0) is 4.74 Å². The molecular weight excluding hydrogens is 226 g/mol. The second-order valence-corrected chi connectivity index (χ2v) is 4.47. The van der Waals surface area contributed by atoms with Crippen LogP contribution in [0.25, 0.3) is 0 Å². The van der Waals surface area contributed by atoms with Crippen LogP contribution in [0.15, 0.2) is 24.3 Å². The molecule has 0 N–H and O–H groups in total. The van der Waals surface area contributed by atoms with Crippen LogP contribution in [0.4, 0.5) is 0 Å². The molecule has 0 saturated heterocycles. The molecule has 2 atom stereocenters. The molecule has 3 nitrogen and oxygen atoms in total. The number of hydrogen-bond acceptors (Lipinski definition) is 3. The van der Waals surface area contributed by atoms with Crippen LogP contribution >= 0.6 is 0 Å². The van der Waals surface area contributed by atoms with E-state index in [1.165, 1.54) is 7.11 Å². The number of rotatable bonds is 5. The number of benzene rings is 1. The first-order valence-electron chi connectivity index (χ1n) is 6.19. The fourth-order valence-electron chi connectivity index (χ4n) is 2.04. The van der Waals surface area contributed by atoms with Crippen molar-refractivity contribution in [3.63, 3.8) is 0 Å². The van der Waals surface area contributed by atoms with Crippen LogP contribution in [0.5, 0.6) is 0 Å². The molecule has 18 heavy (non-hydrogen) atoms. The van der Waals surface area contributed by atoms with Gasteiger partial charge in [-0.25, -0.2) is 4.79 Å². The molecule has 3 heteroatoms. The van der Waals surface area contributed by atoms with Gasteiger partial charge >= 0.3 is 5.97 Å². The summed E-state index contributed by atoms with van der Waals surface area (Å²) in [5, 5.41) is 8.93. The summed E-state index contributed by atoms with van der Waals surface area (Å²) in [6.07, 6.45) is 1.48. The van der Waals surface area contributed by atoms with Gasteiger partial charge in [0.25, 0.3) is 0 Å². The molecule has 0 aliphatic heterocycles. The van der Waals surface area contributed by atoms with Gasteiger partial charge in [-0.3, -0.25) is 0 Å². The number of nitrogens with zero attached hydrogens (tertiary/aromatic N) is 1. The Morgan fingerprint density at radius 2 is 2.22 bits per heavy atom. The summed E-state index contributed by atoms with van der Waals surface area (Å²) in [6, 6.07) is 9.61. The van der Waals surface area contributed by atoms with E-state index in [2.05, 4.69) is 19.9 Å². The quantitative estimate of drug-likeness (QED) is 0.746. The van der Waals surface area contributed by atoms with Gasteiger partial charge in [0.1, 0.15) is 0 Å². The lowest BCUT2D eigenvalue weighted by atomic mass is 9.83. The highest BCUT2D eigenvalue weighted by Crippen LogP contribution is 2.30. The van der Waals surface area contributed by atoms with E-state index in [4.69, 9.17) is 10.00 Å². The van der Waals surface area contributed by atoms with Gasteiger partial charge in [-0.2, -0.15) is 5.26 Å². The van der Waals surface area contributed by atoms with Gasteiger partial charge in [-0.1, -0.05) is 32.4 Å². The average molecular weight is 245 g/mol. The molecule has 1 rings (SSSR count). The summed E-state index contributed by atoms with van der Waals surface area (Å²) >= 11 is 0. The first-order valence-corrected chi connectivity index (χ1v) is 6.19. The zero-order chi connectivity index (χ0) is 13.5. The van der Waals surface area contributed by atoms with Crippen LogP contribution in [0.1, 0.15) is 48.5 Å². The van der Waals surface area contributed by atoms with Crippen LogP contribution in [-0.4, -0.2) is 13.1 Å². The minimum atomic E-state index is -0.336. The number of carbonyl (C=O) groups excluding carboxylic acids is 1. The predicted molar refractivity (Wildman–Crippen MR) is 70.2 cm³/mol. The fraction of sp³-hybridized carbons (Fsp3) is 0.467. The summed E-state index contributed by atoms with van der Waals surface area (Å²) < 4.78 is 4.71. The Balaban J connectivity index is 3.06. The van der Waals surface area contributed by atoms with Crippen molar-refractivity contribution in [2.75, 3.05) is 7.11 Å². The van der Waals surface area contributed by atoms with Crippen molar-refractivity contribution in [3.05, 3.63) is 35.4 Å². The summed E-state index contributed by atoms with van der Waals surface area (Å²) in [5.41, 5.74) is 1.58. The van der Waals surface area contributed by atoms with E-state index < -0.39 is 0 Å². The third-order valence-corrected chi connectivity index (χ3v) is 3.38. The van der Waals surface area contributed by atoms with Gasteiger partial charge < -0.3 is 4.74 Å². The molecule has 1 aromatic rings. The molecule has 0 amide bonds. The van der Waals surface area contributed by atoms with Crippen molar-refractivity contribution >= 4 is 5.97 Å². The van der Waals surface area contributed by atoms with Gasteiger partial charge in [0.2, 0.25) is 0 Å². The Morgan fingerprint density at radius 1 is 1.50 bits per heavy atom. The second-order valence-electron chi connectivity index (χ2n) is 4.47. The zero-order valence-electron chi connectivity index (χ0n) is 11.1. The van der Waals surface area contributed by atoms with Crippen molar-refractivity contribution in [2.24, 2.45) is 5.92 Å². The minimum Gasteiger partial charge on any atom is -0.465 e. The molecule has 2 unspecified atom stereocenters. The number of esters is 1. The normalized spacial score (nSPS) is 13.4. The molecule has 0 spiro atoms. The molecule has 0 aliphatic carbocycles. The lowest BCUT2D eigenvalue weighted by Gasteiger charge is -2.21. The summed E-state index contributed by atoms with van der Waals surface area (Å²) in [5.74, 6) is 0.249. The molecule has 0 aliphatic rings. The van der Waals surface area contributed by atoms with E-state index in [1.54, 1.807) is 6.07 Å². The molecule has 0 bridgehead atoms. The van der Waals surface area contributed by atoms with Gasteiger partial charge in [-0.15, -0.1) is 0 Å². The topological polar surface area (TPSA) is 50.1 Å². The second kappa shape index (κ2) is 6.80. The minimum absolute atomic E-state index is 0.171. The van der Waals surface area contributed by atoms with Crippen LogP contribution < -0.4 is 0 Å². The number of carbonyl (C=O) groups is 1. The summed E-state index contributed by atoms with van der Waals surface area (Å²) in [4.78, 5) is 11.5. The van der Waals surface area contributed by atoms with Crippen LogP contribution in [0.3, 0.4) is 0 Å². The summed E-state index contributed by atoms with van der Waals surface area (Å²) in [7, 11) is 1.37. The van der Waals surface area contributed by atoms with Crippen molar-refractivity contribution in [3.8, 4) is 6.07 Å². The molecule has 1 aromatic carbocycles. The van der Waals surface area contributed by atoms with E-state index in [1.807, 2.05) is 18.2 Å². The van der Waals surface area contributed by atoms with Crippen LogP contribution in [0, 0.1) is 17.2 Å². The molecule has 96 valence electrons. The predicted octanol–water partition coefficient (Wildman–Crippen LogP) is 3.52. The number of nitriles is 1. The van der Waals surface area contributed by atoms with E-state index in [-0.39, 0.29) is 11.9 Å². The Labute approximate surface area is 108 Å². The molecule has 0 heterocycles. The highest BCUT2D eigenvalue weighted by atomic mass is 16.5. The highest BCUT2D eigenvalue weighted by Gasteiger charge is 2.19. The maximum atomic E-state index is 11.5.